The molecule has 0 saturated carbocycles. The van der Waals surface area contributed by atoms with E-state index >= 15 is 0 Å². The summed E-state index contributed by atoms with van der Waals surface area (Å²) in [6, 6.07) is 5.36. The van der Waals surface area contributed by atoms with Crippen LogP contribution in [0, 0.1) is 5.82 Å². The highest BCUT2D eigenvalue weighted by Gasteiger charge is 2.26. The van der Waals surface area contributed by atoms with Gasteiger partial charge in [0, 0.05) is 25.2 Å². The van der Waals surface area contributed by atoms with E-state index in [1.807, 2.05) is 0 Å². The van der Waals surface area contributed by atoms with Crippen LogP contribution in [-0.4, -0.2) is 35.6 Å². The Bertz CT molecular complexity index is 841. The maximum atomic E-state index is 14.1. The first-order valence-corrected chi connectivity index (χ1v) is 7.64. The lowest BCUT2D eigenvalue weighted by Gasteiger charge is -2.25. The highest BCUT2D eigenvalue weighted by molar-refractivity contribution is 6.00. The molecule has 0 radical (unpaired) electrons. The lowest BCUT2D eigenvalue weighted by Crippen LogP contribution is -2.33. The van der Waals surface area contributed by atoms with Crippen LogP contribution in [0.15, 0.2) is 30.5 Å². The summed E-state index contributed by atoms with van der Waals surface area (Å²) >= 11 is 0. The number of carbonyl (C=O) groups is 2. The van der Waals surface area contributed by atoms with Crippen LogP contribution in [0.4, 0.5) is 10.1 Å². The molecule has 3 rings (SSSR count). The van der Waals surface area contributed by atoms with Crippen LogP contribution in [0.3, 0.4) is 0 Å². The molecule has 0 saturated heterocycles. The number of aromatic nitrogens is 1. The van der Waals surface area contributed by atoms with Crippen molar-refractivity contribution in [1.29, 1.82) is 0 Å². The van der Waals surface area contributed by atoms with Gasteiger partial charge in [-0.2, -0.15) is 0 Å². The fourth-order valence-electron chi connectivity index (χ4n) is 2.74. The van der Waals surface area contributed by atoms with Gasteiger partial charge in [0.15, 0.2) is 0 Å². The van der Waals surface area contributed by atoms with E-state index in [9.17, 15) is 14.0 Å². The number of hydrogen-bond acceptors (Lipinski definition) is 5. The van der Waals surface area contributed by atoms with E-state index in [4.69, 9.17) is 9.84 Å². The van der Waals surface area contributed by atoms with E-state index in [-0.39, 0.29) is 17.3 Å². The summed E-state index contributed by atoms with van der Waals surface area (Å²) in [7, 11) is 1.46. The van der Waals surface area contributed by atoms with Crippen LogP contribution in [0.2, 0.25) is 0 Å². The third kappa shape index (κ3) is 3.23. The summed E-state index contributed by atoms with van der Waals surface area (Å²) < 4.78 is 19.6. The number of anilines is 1. The van der Waals surface area contributed by atoms with Crippen LogP contribution in [0.1, 0.15) is 38.9 Å². The first-order chi connectivity index (χ1) is 12.0. The molecule has 1 aliphatic heterocycles. The minimum atomic E-state index is -1.41. The molecule has 130 valence electrons. The number of aromatic carboxylic acids is 1. The highest BCUT2D eigenvalue weighted by Crippen LogP contribution is 2.30. The molecule has 2 aromatic rings. The summed E-state index contributed by atoms with van der Waals surface area (Å²) in [4.78, 5) is 27.9. The molecule has 1 aromatic heterocycles. The summed E-state index contributed by atoms with van der Waals surface area (Å²) in [6.45, 7) is 0.428. The number of ether oxygens (including phenoxy) is 1. The van der Waals surface area contributed by atoms with Crippen molar-refractivity contribution in [1.82, 2.24) is 10.3 Å². The fraction of sp³-hybridized carbons (Fsp3) is 0.235. The Balaban J connectivity index is 1.88. The maximum absolute atomic E-state index is 14.1. The molecule has 0 aliphatic carbocycles. The molecule has 0 bridgehead atoms. The van der Waals surface area contributed by atoms with Crippen molar-refractivity contribution in [2.24, 2.45) is 0 Å². The number of fused-ring (bicyclic) bond motifs is 1. The molecular weight excluding hydrogens is 329 g/mol. The minimum absolute atomic E-state index is 0.0239. The second-order valence-corrected chi connectivity index (χ2v) is 5.49. The topological polar surface area (TPSA) is 101 Å². The molecule has 25 heavy (non-hydrogen) atoms. The van der Waals surface area contributed by atoms with Crippen LogP contribution in [-0.2, 0) is 0 Å². The van der Waals surface area contributed by atoms with Crippen molar-refractivity contribution in [3.05, 3.63) is 53.1 Å². The molecule has 1 unspecified atom stereocenters. The van der Waals surface area contributed by atoms with Crippen LogP contribution in [0.25, 0.3) is 0 Å². The van der Waals surface area contributed by atoms with E-state index in [0.717, 1.165) is 6.07 Å². The van der Waals surface area contributed by atoms with E-state index < -0.39 is 23.3 Å². The number of amides is 1. The predicted molar refractivity (Wildman–Crippen MR) is 87.5 cm³/mol. The Hall–Kier alpha value is -3.16. The summed E-state index contributed by atoms with van der Waals surface area (Å²) in [5, 5.41) is 14.5. The summed E-state index contributed by atoms with van der Waals surface area (Å²) in [5.74, 6) is -2.30. The number of halogens is 1. The number of hydrogen-bond donors (Lipinski definition) is 3. The highest BCUT2D eigenvalue weighted by atomic mass is 19.1. The van der Waals surface area contributed by atoms with Crippen LogP contribution in [0.5, 0.6) is 5.75 Å². The summed E-state index contributed by atoms with van der Waals surface area (Å²) in [6.07, 6.45) is 2.14. The summed E-state index contributed by atoms with van der Waals surface area (Å²) in [5.41, 5.74) is 0.162. The largest absolute Gasteiger partial charge is 0.491 e. The molecule has 0 fully saturated rings. The Morgan fingerprint density at radius 2 is 2.20 bits per heavy atom. The van der Waals surface area contributed by atoms with Crippen molar-refractivity contribution in [2.75, 3.05) is 19.0 Å². The molecule has 1 aliphatic rings. The first kappa shape index (κ1) is 16.7. The zero-order chi connectivity index (χ0) is 18.0. The monoisotopic (exact) mass is 345 g/mol. The number of nitrogens with one attached hydrogen (secondary N) is 2. The number of pyridine rings is 1. The average molecular weight is 345 g/mol. The molecule has 1 amide bonds. The quantitative estimate of drug-likeness (QED) is 0.785. The molecule has 8 heteroatoms. The zero-order valence-electron chi connectivity index (χ0n) is 13.4. The molecule has 3 N–H and O–H groups in total. The Morgan fingerprint density at radius 3 is 2.92 bits per heavy atom. The smallest absolute Gasteiger partial charge is 0.340 e. The number of carbonyl (C=O) groups excluding carboxylic acids is 1. The van der Waals surface area contributed by atoms with Gasteiger partial charge in [0.2, 0.25) is 0 Å². The van der Waals surface area contributed by atoms with E-state index in [2.05, 4.69) is 15.6 Å². The van der Waals surface area contributed by atoms with Gasteiger partial charge >= 0.3 is 5.97 Å². The van der Waals surface area contributed by atoms with Crippen molar-refractivity contribution < 1.29 is 23.8 Å². The van der Waals surface area contributed by atoms with Gasteiger partial charge in [-0.15, -0.1) is 0 Å². The Labute approximate surface area is 142 Å². The second kappa shape index (κ2) is 6.76. The van der Waals surface area contributed by atoms with Gasteiger partial charge < -0.3 is 20.5 Å². The number of rotatable bonds is 4. The second-order valence-electron chi connectivity index (χ2n) is 5.49. The van der Waals surface area contributed by atoms with Gasteiger partial charge in [0.1, 0.15) is 22.8 Å². The molecule has 2 heterocycles. The van der Waals surface area contributed by atoms with Gasteiger partial charge in [-0.3, -0.25) is 9.78 Å². The van der Waals surface area contributed by atoms with Gasteiger partial charge in [-0.25, -0.2) is 9.18 Å². The third-order valence-electron chi connectivity index (χ3n) is 3.93. The van der Waals surface area contributed by atoms with E-state index in [1.54, 1.807) is 18.3 Å². The van der Waals surface area contributed by atoms with Gasteiger partial charge in [0.05, 0.1) is 18.3 Å². The van der Waals surface area contributed by atoms with Crippen molar-refractivity contribution in [3.63, 3.8) is 0 Å². The average Bonchev–Trinajstić information content (AvgIpc) is 2.60. The molecule has 1 atom stereocenters. The third-order valence-corrected chi connectivity index (χ3v) is 3.93. The number of carboxylic acid groups (broad SMARTS) is 1. The number of nitrogens with zero attached hydrogens (tertiary/aromatic N) is 1. The fourth-order valence-corrected chi connectivity index (χ4v) is 2.74. The van der Waals surface area contributed by atoms with Gasteiger partial charge in [-0.1, -0.05) is 0 Å². The van der Waals surface area contributed by atoms with E-state index in [1.165, 1.54) is 13.1 Å². The first-order valence-electron chi connectivity index (χ1n) is 7.64. The van der Waals surface area contributed by atoms with E-state index in [0.29, 0.717) is 24.5 Å². The van der Waals surface area contributed by atoms with Crippen molar-refractivity contribution >= 4 is 17.6 Å². The van der Waals surface area contributed by atoms with Crippen LogP contribution >= 0.6 is 0 Å². The van der Waals surface area contributed by atoms with Crippen LogP contribution < -0.4 is 15.4 Å². The number of benzene rings is 1. The number of carboxylic acids is 1. The van der Waals surface area contributed by atoms with Crippen molar-refractivity contribution in [2.45, 2.75) is 12.5 Å². The Kier molecular flexibility index (Phi) is 4.51. The van der Waals surface area contributed by atoms with Gasteiger partial charge in [-0.05, 0) is 24.3 Å². The molecule has 0 spiro atoms. The van der Waals surface area contributed by atoms with Gasteiger partial charge in [0.25, 0.3) is 5.91 Å². The Morgan fingerprint density at radius 1 is 1.40 bits per heavy atom. The molecular formula is C17H16FN3O4. The maximum Gasteiger partial charge on any atom is 0.340 e. The SMILES string of the molecule is CNc1cc(C(=O)NC2CCOc3cccnc32)cc(F)c1C(=O)O. The lowest BCUT2D eigenvalue weighted by atomic mass is 10.0. The molecule has 7 nitrogen and oxygen atoms in total. The predicted octanol–water partition coefficient (Wildman–Crippen LogP) is 2.21. The zero-order valence-corrected chi connectivity index (χ0v) is 13.4. The minimum Gasteiger partial charge on any atom is -0.491 e. The van der Waals surface area contributed by atoms with Crippen molar-refractivity contribution in [3.8, 4) is 5.75 Å². The normalized spacial score (nSPS) is 15.7. The molecule has 1 aromatic carbocycles. The lowest BCUT2D eigenvalue weighted by molar-refractivity contribution is 0.0692. The standard InChI is InChI=1S/C17H16FN3O4/c1-19-12-8-9(7-10(18)14(12)17(23)24)16(22)21-11-4-6-25-13-3-2-5-20-15(11)13/h2-3,5,7-8,11,19H,4,6H2,1H3,(H,21,22)(H,23,24).